The summed E-state index contributed by atoms with van der Waals surface area (Å²) in [6.07, 6.45) is 1.96. The lowest BCUT2D eigenvalue weighted by Crippen LogP contribution is -2.44. The van der Waals surface area contributed by atoms with E-state index >= 15 is 0 Å². The minimum absolute atomic E-state index is 0.0269. The van der Waals surface area contributed by atoms with E-state index in [1.54, 1.807) is 19.2 Å². The highest BCUT2D eigenvalue weighted by molar-refractivity contribution is 5.97. The standard InChI is InChI=1S/C22H27N3O3/c1-3-24(15-21(26)23-18-11-5-7-13-20(18)28-2)16-22(27)25-14-8-10-17-9-4-6-12-19(17)25/h4-7,9,11-13H,3,8,10,14-16H2,1-2H3,(H,23,26). The van der Waals surface area contributed by atoms with Crippen LogP contribution in [0.1, 0.15) is 18.9 Å². The highest BCUT2D eigenvalue weighted by Gasteiger charge is 2.24. The van der Waals surface area contributed by atoms with Crippen molar-refractivity contribution >= 4 is 23.2 Å². The van der Waals surface area contributed by atoms with E-state index in [0.29, 0.717) is 18.0 Å². The summed E-state index contributed by atoms with van der Waals surface area (Å²) in [6.45, 7) is 3.65. The Balaban J connectivity index is 1.61. The van der Waals surface area contributed by atoms with Crippen molar-refractivity contribution < 1.29 is 14.3 Å². The van der Waals surface area contributed by atoms with E-state index in [1.807, 2.05) is 47.1 Å². The highest BCUT2D eigenvalue weighted by atomic mass is 16.5. The number of amides is 2. The Bertz CT molecular complexity index is 837. The summed E-state index contributed by atoms with van der Waals surface area (Å²) in [4.78, 5) is 29.1. The third-order valence-electron chi connectivity index (χ3n) is 4.97. The molecule has 1 aliphatic heterocycles. The zero-order valence-corrected chi connectivity index (χ0v) is 16.5. The fourth-order valence-corrected chi connectivity index (χ4v) is 3.49. The van der Waals surface area contributed by atoms with Crippen molar-refractivity contribution in [3.8, 4) is 5.75 Å². The number of anilines is 2. The number of aryl methyl sites for hydroxylation is 1. The van der Waals surface area contributed by atoms with Gasteiger partial charge in [-0.25, -0.2) is 0 Å². The molecule has 3 rings (SSSR count). The van der Waals surface area contributed by atoms with Crippen molar-refractivity contribution in [3.05, 3.63) is 54.1 Å². The summed E-state index contributed by atoms with van der Waals surface area (Å²) in [5.41, 5.74) is 2.83. The number of methoxy groups -OCH3 is 1. The maximum atomic E-state index is 12.9. The molecular formula is C22H27N3O3. The first-order chi connectivity index (χ1) is 13.6. The van der Waals surface area contributed by atoms with E-state index in [4.69, 9.17) is 4.74 Å². The molecule has 0 atom stereocenters. The van der Waals surface area contributed by atoms with E-state index in [9.17, 15) is 9.59 Å². The number of hydrogen-bond acceptors (Lipinski definition) is 4. The van der Waals surface area contributed by atoms with Gasteiger partial charge in [0.25, 0.3) is 0 Å². The Morgan fingerprint density at radius 1 is 1.11 bits per heavy atom. The first kappa shape index (κ1) is 19.9. The second kappa shape index (κ2) is 9.37. The molecule has 6 heteroatoms. The molecular weight excluding hydrogens is 354 g/mol. The van der Waals surface area contributed by atoms with Gasteiger partial charge in [-0.15, -0.1) is 0 Å². The number of benzene rings is 2. The lowest BCUT2D eigenvalue weighted by atomic mass is 10.0. The zero-order valence-electron chi connectivity index (χ0n) is 16.5. The number of fused-ring (bicyclic) bond motifs is 1. The second-order valence-corrected chi connectivity index (χ2v) is 6.83. The number of carbonyl (C=O) groups excluding carboxylic acids is 2. The van der Waals surface area contributed by atoms with Gasteiger partial charge >= 0.3 is 0 Å². The average Bonchev–Trinajstić information content (AvgIpc) is 2.73. The largest absolute Gasteiger partial charge is 0.495 e. The van der Waals surface area contributed by atoms with Gasteiger partial charge in [0, 0.05) is 12.2 Å². The second-order valence-electron chi connectivity index (χ2n) is 6.83. The molecule has 2 amide bonds. The van der Waals surface area contributed by atoms with Crippen LogP contribution in [0.2, 0.25) is 0 Å². The summed E-state index contributed by atoms with van der Waals surface area (Å²) in [7, 11) is 1.57. The third-order valence-corrected chi connectivity index (χ3v) is 4.97. The van der Waals surface area contributed by atoms with Gasteiger partial charge in [0.15, 0.2) is 0 Å². The van der Waals surface area contributed by atoms with Crippen LogP contribution in [-0.4, -0.2) is 50.0 Å². The van der Waals surface area contributed by atoms with Crippen LogP contribution in [0.15, 0.2) is 48.5 Å². The molecule has 0 saturated carbocycles. The zero-order chi connectivity index (χ0) is 19.9. The van der Waals surface area contributed by atoms with Gasteiger partial charge in [-0.1, -0.05) is 37.3 Å². The number of para-hydroxylation sites is 3. The van der Waals surface area contributed by atoms with Crippen molar-refractivity contribution in [2.45, 2.75) is 19.8 Å². The molecule has 28 heavy (non-hydrogen) atoms. The number of likely N-dealkylation sites (N-methyl/N-ethyl adjacent to an activating group) is 1. The van der Waals surface area contributed by atoms with Gasteiger partial charge in [0.1, 0.15) is 5.75 Å². The molecule has 1 aliphatic rings. The fourth-order valence-electron chi connectivity index (χ4n) is 3.49. The van der Waals surface area contributed by atoms with Crippen LogP contribution in [0.25, 0.3) is 0 Å². The molecule has 0 bridgehead atoms. The Kier molecular flexibility index (Phi) is 6.66. The number of nitrogens with one attached hydrogen (secondary N) is 1. The lowest BCUT2D eigenvalue weighted by molar-refractivity contribution is -0.121. The quantitative estimate of drug-likeness (QED) is 0.801. The Labute approximate surface area is 166 Å². The molecule has 0 aliphatic carbocycles. The van der Waals surface area contributed by atoms with Crippen LogP contribution in [0, 0.1) is 0 Å². The smallest absolute Gasteiger partial charge is 0.241 e. The normalized spacial score (nSPS) is 13.2. The maximum Gasteiger partial charge on any atom is 0.241 e. The molecule has 0 aromatic heterocycles. The van der Waals surface area contributed by atoms with E-state index < -0.39 is 0 Å². The molecule has 0 spiro atoms. The van der Waals surface area contributed by atoms with Gasteiger partial charge in [0.2, 0.25) is 11.8 Å². The molecule has 2 aromatic rings. The van der Waals surface area contributed by atoms with Gasteiger partial charge < -0.3 is 15.0 Å². The minimum Gasteiger partial charge on any atom is -0.495 e. The van der Waals surface area contributed by atoms with E-state index in [1.165, 1.54) is 5.56 Å². The van der Waals surface area contributed by atoms with Crippen LogP contribution in [0.3, 0.4) is 0 Å². The summed E-state index contributed by atoms with van der Waals surface area (Å²) in [5, 5.41) is 2.86. The van der Waals surface area contributed by atoms with E-state index in [-0.39, 0.29) is 24.9 Å². The Morgan fingerprint density at radius 2 is 1.86 bits per heavy atom. The number of rotatable bonds is 7. The number of nitrogens with zero attached hydrogens (tertiary/aromatic N) is 2. The van der Waals surface area contributed by atoms with Crippen LogP contribution in [0.5, 0.6) is 5.75 Å². The van der Waals surface area contributed by atoms with Crippen molar-refractivity contribution in [1.29, 1.82) is 0 Å². The number of ether oxygens (including phenoxy) is 1. The van der Waals surface area contributed by atoms with Gasteiger partial charge in [-0.2, -0.15) is 0 Å². The van der Waals surface area contributed by atoms with Gasteiger partial charge in [-0.3, -0.25) is 14.5 Å². The summed E-state index contributed by atoms with van der Waals surface area (Å²) < 4.78 is 5.27. The molecule has 6 nitrogen and oxygen atoms in total. The first-order valence-electron chi connectivity index (χ1n) is 9.66. The molecule has 0 saturated heterocycles. The summed E-state index contributed by atoms with van der Waals surface area (Å²) in [6, 6.07) is 15.3. The van der Waals surface area contributed by atoms with Gasteiger partial charge in [-0.05, 0) is 43.1 Å². The Hall–Kier alpha value is -2.86. The number of carbonyl (C=O) groups is 2. The molecule has 2 aromatic carbocycles. The third kappa shape index (κ3) is 4.70. The molecule has 0 fully saturated rings. The predicted molar refractivity (Wildman–Crippen MR) is 111 cm³/mol. The molecule has 1 N–H and O–H groups in total. The first-order valence-corrected chi connectivity index (χ1v) is 9.66. The maximum absolute atomic E-state index is 12.9. The van der Waals surface area contributed by atoms with E-state index in [0.717, 1.165) is 25.1 Å². The fraction of sp³-hybridized carbons (Fsp3) is 0.364. The van der Waals surface area contributed by atoms with Crippen molar-refractivity contribution in [2.24, 2.45) is 0 Å². The molecule has 0 unspecified atom stereocenters. The molecule has 1 heterocycles. The van der Waals surface area contributed by atoms with Crippen LogP contribution < -0.4 is 15.0 Å². The van der Waals surface area contributed by atoms with Crippen molar-refractivity contribution in [1.82, 2.24) is 4.90 Å². The van der Waals surface area contributed by atoms with E-state index in [2.05, 4.69) is 11.4 Å². The molecule has 0 radical (unpaired) electrons. The summed E-state index contributed by atoms with van der Waals surface area (Å²) >= 11 is 0. The SMILES string of the molecule is CCN(CC(=O)Nc1ccccc1OC)CC(=O)N1CCCc2ccccc21. The summed E-state index contributed by atoms with van der Waals surface area (Å²) in [5.74, 6) is 0.470. The topological polar surface area (TPSA) is 61.9 Å². The van der Waals surface area contributed by atoms with Gasteiger partial charge in [0.05, 0.1) is 25.9 Å². The average molecular weight is 381 g/mol. The van der Waals surface area contributed by atoms with Crippen LogP contribution in [-0.2, 0) is 16.0 Å². The van der Waals surface area contributed by atoms with Crippen molar-refractivity contribution in [2.75, 3.05) is 43.5 Å². The van der Waals surface area contributed by atoms with Crippen molar-refractivity contribution in [3.63, 3.8) is 0 Å². The molecule has 148 valence electrons. The minimum atomic E-state index is -0.168. The predicted octanol–water partition coefficient (Wildman–Crippen LogP) is 2.94. The monoisotopic (exact) mass is 381 g/mol. The van der Waals surface area contributed by atoms with Crippen LogP contribution >= 0.6 is 0 Å². The highest BCUT2D eigenvalue weighted by Crippen LogP contribution is 2.27. The van der Waals surface area contributed by atoms with Crippen LogP contribution in [0.4, 0.5) is 11.4 Å². The number of hydrogen-bond donors (Lipinski definition) is 1. The lowest BCUT2D eigenvalue weighted by Gasteiger charge is -2.31. The Morgan fingerprint density at radius 3 is 2.64 bits per heavy atom.